The molecule has 1 saturated heterocycles. The van der Waals surface area contributed by atoms with Crippen molar-refractivity contribution in [2.75, 3.05) is 27.2 Å². The van der Waals surface area contributed by atoms with Crippen molar-refractivity contribution >= 4 is 11.8 Å². The molecule has 2 heterocycles. The average molecular weight is 366 g/mol. The third-order valence-electron chi connectivity index (χ3n) is 4.93. The minimum Gasteiger partial charge on any atom is -0.369 e. The monoisotopic (exact) mass is 366 g/mol. The molecule has 1 aliphatic heterocycles. The van der Waals surface area contributed by atoms with Crippen LogP contribution in [0.15, 0.2) is 42.6 Å². The van der Waals surface area contributed by atoms with Gasteiger partial charge in [-0.2, -0.15) is 0 Å². The van der Waals surface area contributed by atoms with E-state index in [9.17, 15) is 9.59 Å². The number of benzene rings is 1. The summed E-state index contributed by atoms with van der Waals surface area (Å²) in [5.41, 5.74) is 8.85. The minimum atomic E-state index is -0.279. The lowest BCUT2D eigenvalue weighted by molar-refractivity contribution is -0.123. The van der Waals surface area contributed by atoms with Gasteiger partial charge in [-0.25, -0.2) is 0 Å². The topological polar surface area (TPSA) is 79.5 Å². The van der Waals surface area contributed by atoms with E-state index in [1.807, 2.05) is 38.4 Å². The SMILES string of the molecule is CN(C)Cc1cccc(-c2cccnc2C(=O)N2CCC(C(N)=O)CC2)c1. The van der Waals surface area contributed by atoms with E-state index in [0.29, 0.717) is 31.6 Å². The number of primary amides is 1. The molecule has 0 saturated carbocycles. The Kier molecular flexibility index (Phi) is 5.86. The van der Waals surface area contributed by atoms with Gasteiger partial charge in [0.1, 0.15) is 5.69 Å². The highest BCUT2D eigenvalue weighted by Crippen LogP contribution is 2.26. The summed E-state index contributed by atoms with van der Waals surface area (Å²) >= 11 is 0. The number of rotatable bonds is 5. The normalized spacial score (nSPS) is 15.1. The predicted octanol–water partition coefficient (Wildman–Crippen LogP) is 2.15. The van der Waals surface area contributed by atoms with Crippen LogP contribution in [-0.2, 0) is 11.3 Å². The minimum absolute atomic E-state index is 0.0912. The van der Waals surface area contributed by atoms with Gasteiger partial charge in [0, 0.05) is 37.3 Å². The number of hydrogen-bond acceptors (Lipinski definition) is 4. The summed E-state index contributed by atoms with van der Waals surface area (Å²) in [5, 5.41) is 0. The molecule has 1 fully saturated rings. The van der Waals surface area contributed by atoms with Gasteiger partial charge in [-0.05, 0) is 50.2 Å². The van der Waals surface area contributed by atoms with Crippen LogP contribution in [0.1, 0.15) is 28.9 Å². The van der Waals surface area contributed by atoms with E-state index < -0.39 is 0 Å². The molecule has 142 valence electrons. The molecule has 27 heavy (non-hydrogen) atoms. The first-order valence-corrected chi connectivity index (χ1v) is 9.23. The summed E-state index contributed by atoms with van der Waals surface area (Å²) in [6, 6.07) is 12.0. The summed E-state index contributed by atoms with van der Waals surface area (Å²) in [6.07, 6.45) is 2.87. The van der Waals surface area contributed by atoms with Gasteiger partial charge in [0.2, 0.25) is 5.91 Å². The van der Waals surface area contributed by atoms with Crippen molar-refractivity contribution in [1.29, 1.82) is 0 Å². The predicted molar refractivity (Wildman–Crippen MR) is 105 cm³/mol. The Morgan fingerprint density at radius 3 is 2.59 bits per heavy atom. The second-order valence-electron chi connectivity index (χ2n) is 7.31. The average Bonchev–Trinajstić information content (AvgIpc) is 2.67. The van der Waals surface area contributed by atoms with Gasteiger partial charge >= 0.3 is 0 Å². The first-order chi connectivity index (χ1) is 13.0. The molecule has 1 aromatic heterocycles. The number of pyridine rings is 1. The van der Waals surface area contributed by atoms with Crippen molar-refractivity contribution in [2.24, 2.45) is 11.7 Å². The zero-order valence-corrected chi connectivity index (χ0v) is 15.9. The number of hydrogen-bond donors (Lipinski definition) is 1. The van der Waals surface area contributed by atoms with Crippen molar-refractivity contribution in [3.63, 3.8) is 0 Å². The third-order valence-corrected chi connectivity index (χ3v) is 4.93. The Labute approximate surface area is 160 Å². The second-order valence-corrected chi connectivity index (χ2v) is 7.31. The van der Waals surface area contributed by atoms with E-state index in [0.717, 1.165) is 17.7 Å². The smallest absolute Gasteiger partial charge is 0.273 e. The number of aromatic nitrogens is 1. The number of carbonyl (C=O) groups excluding carboxylic acids is 2. The Balaban J connectivity index is 1.84. The molecule has 0 unspecified atom stereocenters. The van der Waals surface area contributed by atoms with Crippen LogP contribution in [0.3, 0.4) is 0 Å². The van der Waals surface area contributed by atoms with Crippen LogP contribution in [0.2, 0.25) is 0 Å². The molecule has 6 heteroatoms. The van der Waals surface area contributed by atoms with E-state index in [1.165, 1.54) is 5.56 Å². The zero-order chi connectivity index (χ0) is 19.4. The van der Waals surface area contributed by atoms with Gasteiger partial charge in [0.25, 0.3) is 5.91 Å². The number of piperidine rings is 1. The number of nitrogens with two attached hydrogens (primary N) is 1. The number of carbonyl (C=O) groups is 2. The van der Waals surface area contributed by atoms with E-state index in [2.05, 4.69) is 22.0 Å². The van der Waals surface area contributed by atoms with E-state index in [4.69, 9.17) is 5.73 Å². The van der Waals surface area contributed by atoms with Gasteiger partial charge < -0.3 is 15.5 Å². The highest BCUT2D eigenvalue weighted by molar-refractivity contribution is 5.99. The Bertz CT molecular complexity index is 826. The number of likely N-dealkylation sites (tertiary alicyclic amines) is 1. The third kappa shape index (κ3) is 4.52. The van der Waals surface area contributed by atoms with Crippen molar-refractivity contribution in [3.05, 3.63) is 53.9 Å². The van der Waals surface area contributed by atoms with Crippen molar-refractivity contribution in [2.45, 2.75) is 19.4 Å². The highest BCUT2D eigenvalue weighted by atomic mass is 16.2. The summed E-state index contributed by atoms with van der Waals surface area (Å²) in [6.45, 7) is 1.89. The maximum atomic E-state index is 13.1. The Morgan fingerprint density at radius 1 is 1.19 bits per heavy atom. The van der Waals surface area contributed by atoms with E-state index >= 15 is 0 Å². The molecule has 1 aliphatic rings. The van der Waals surface area contributed by atoms with Gasteiger partial charge in [0.05, 0.1) is 0 Å². The molecule has 3 rings (SSSR count). The summed E-state index contributed by atoms with van der Waals surface area (Å²) in [7, 11) is 4.06. The van der Waals surface area contributed by atoms with Gasteiger partial charge in [-0.1, -0.05) is 24.3 Å². The lowest BCUT2D eigenvalue weighted by atomic mass is 9.95. The molecule has 6 nitrogen and oxygen atoms in total. The van der Waals surface area contributed by atoms with Crippen LogP contribution < -0.4 is 5.73 Å². The Hall–Kier alpha value is -2.73. The molecule has 0 spiro atoms. The molecule has 1 aromatic carbocycles. The van der Waals surface area contributed by atoms with E-state index in [1.54, 1.807) is 11.1 Å². The van der Waals surface area contributed by atoms with Crippen molar-refractivity contribution in [1.82, 2.24) is 14.8 Å². The number of amides is 2. The highest BCUT2D eigenvalue weighted by Gasteiger charge is 2.28. The quantitative estimate of drug-likeness (QED) is 0.879. The fraction of sp³-hybridized carbons (Fsp3) is 0.381. The lowest BCUT2D eigenvalue weighted by Crippen LogP contribution is -2.42. The molecular formula is C21H26N4O2. The Morgan fingerprint density at radius 2 is 1.93 bits per heavy atom. The van der Waals surface area contributed by atoms with Crippen LogP contribution >= 0.6 is 0 Å². The van der Waals surface area contributed by atoms with Crippen molar-refractivity contribution in [3.8, 4) is 11.1 Å². The molecule has 0 bridgehead atoms. The molecule has 2 amide bonds. The largest absolute Gasteiger partial charge is 0.369 e. The fourth-order valence-corrected chi connectivity index (χ4v) is 3.53. The maximum Gasteiger partial charge on any atom is 0.273 e. The standard InChI is InChI=1S/C21H26N4O2/c1-24(2)14-15-5-3-6-17(13-15)18-7-4-10-23-19(18)21(27)25-11-8-16(9-12-25)20(22)26/h3-7,10,13,16H,8-9,11-12,14H2,1-2H3,(H2,22,26). The van der Waals surface area contributed by atoms with Gasteiger partial charge in [-0.15, -0.1) is 0 Å². The maximum absolute atomic E-state index is 13.1. The lowest BCUT2D eigenvalue weighted by Gasteiger charge is -2.30. The van der Waals surface area contributed by atoms with Gasteiger partial charge in [0.15, 0.2) is 0 Å². The molecule has 0 radical (unpaired) electrons. The molecule has 0 aliphatic carbocycles. The van der Waals surface area contributed by atoms with Gasteiger partial charge in [-0.3, -0.25) is 14.6 Å². The molecular weight excluding hydrogens is 340 g/mol. The fourth-order valence-electron chi connectivity index (χ4n) is 3.53. The number of nitrogens with zero attached hydrogens (tertiary/aromatic N) is 3. The molecule has 2 aromatic rings. The summed E-state index contributed by atoms with van der Waals surface area (Å²) < 4.78 is 0. The van der Waals surface area contributed by atoms with Crippen LogP contribution in [0.25, 0.3) is 11.1 Å². The molecule has 2 N–H and O–H groups in total. The van der Waals surface area contributed by atoms with Crippen LogP contribution in [0, 0.1) is 5.92 Å². The van der Waals surface area contributed by atoms with E-state index in [-0.39, 0.29) is 17.7 Å². The van der Waals surface area contributed by atoms with Crippen LogP contribution in [0.4, 0.5) is 0 Å². The van der Waals surface area contributed by atoms with Crippen LogP contribution in [-0.4, -0.2) is 53.8 Å². The second kappa shape index (κ2) is 8.31. The summed E-state index contributed by atoms with van der Waals surface area (Å²) in [4.78, 5) is 32.7. The first-order valence-electron chi connectivity index (χ1n) is 9.23. The first kappa shape index (κ1) is 19.0. The summed E-state index contributed by atoms with van der Waals surface area (Å²) in [5.74, 6) is -0.509. The van der Waals surface area contributed by atoms with Crippen molar-refractivity contribution < 1.29 is 9.59 Å². The van der Waals surface area contributed by atoms with Crippen LogP contribution in [0.5, 0.6) is 0 Å². The zero-order valence-electron chi connectivity index (χ0n) is 15.9. The molecule has 0 atom stereocenters.